The third kappa shape index (κ3) is 4.83. The van der Waals surface area contributed by atoms with Gasteiger partial charge in [-0.15, -0.1) is 0 Å². The van der Waals surface area contributed by atoms with Crippen LogP contribution in [0.15, 0.2) is 73.1 Å². The zero-order chi connectivity index (χ0) is 18.3. The summed E-state index contributed by atoms with van der Waals surface area (Å²) >= 11 is 0. The number of hydrogen-bond acceptors (Lipinski definition) is 4. The van der Waals surface area contributed by atoms with Crippen LogP contribution in [-0.4, -0.2) is 36.1 Å². The van der Waals surface area contributed by atoms with E-state index in [0.717, 1.165) is 44.4 Å². The highest BCUT2D eigenvalue weighted by atomic mass is 16.5. The highest BCUT2D eigenvalue weighted by Crippen LogP contribution is 2.15. The summed E-state index contributed by atoms with van der Waals surface area (Å²) in [6.07, 6.45) is 3.62. The molecule has 0 aliphatic carbocycles. The number of anilines is 1. The molecule has 3 aromatic rings. The molecule has 1 aliphatic heterocycles. The van der Waals surface area contributed by atoms with Crippen LogP contribution in [0, 0.1) is 0 Å². The Morgan fingerprint density at radius 2 is 1.59 bits per heavy atom. The predicted octanol–water partition coefficient (Wildman–Crippen LogP) is 1.96. The molecular weight excluding hydrogens is 336 g/mol. The Morgan fingerprint density at radius 1 is 0.852 bits per heavy atom. The van der Waals surface area contributed by atoms with E-state index in [-0.39, 0.29) is 0 Å². The third-order valence-electron chi connectivity index (χ3n) is 4.91. The Labute approximate surface area is 160 Å². The second-order valence-corrected chi connectivity index (χ2v) is 6.88. The number of nitrogens with one attached hydrogen (secondary N) is 1. The van der Waals surface area contributed by atoms with Gasteiger partial charge >= 0.3 is 0 Å². The summed E-state index contributed by atoms with van der Waals surface area (Å²) in [5.41, 5.74) is 2.51. The van der Waals surface area contributed by atoms with Crippen LogP contribution in [0.2, 0.25) is 0 Å². The van der Waals surface area contributed by atoms with Crippen molar-refractivity contribution in [2.75, 3.05) is 31.1 Å². The topological polar surface area (TPSA) is 42.7 Å². The van der Waals surface area contributed by atoms with E-state index in [4.69, 9.17) is 4.74 Å². The fourth-order valence-corrected chi connectivity index (χ4v) is 3.43. The van der Waals surface area contributed by atoms with E-state index in [1.54, 1.807) is 4.90 Å². The monoisotopic (exact) mass is 361 g/mol. The molecule has 2 heterocycles. The lowest BCUT2D eigenvalue weighted by atomic mass is 10.2. The summed E-state index contributed by atoms with van der Waals surface area (Å²) in [4.78, 5) is 12.6. The van der Waals surface area contributed by atoms with Crippen molar-refractivity contribution in [3.05, 3.63) is 84.2 Å². The molecular formula is C22H25N4O+. The molecule has 1 N–H and O–H groups in total. The first-order chi connectivity index (χ1) is 13.4. The predicted molar refractivity (Wildman–Crippen MR) is 106 cm³/mol. The van der Waals surface area contributed by atoms with Gasteiger partial charge in [-0.1, -0.05) is 42.5 Å². The van der Waals surface area contributed by atoms with Crippen molar-refractivity contribution in [3.8, 4) is 5.75 Å². The Hall–Kier alpha value is -2.92. The van der Waals surface area contributed by atoms with E-state index in [9.17, 15) is 0 Å². The molecule has 0 bridgehead atoms. The highest BCUT2D eigenvalue weighted by molar-refractivity contribution is 5.29. The number of hydrogen-bond donors (Lipinski definition) is 1. The van der Waals surface area contributed by atoms with Gasteiger partial charge in [0.25, 0.3) is 0 Å². The Morgan fingerprint density at radius 3 is 2.37 bits per heavy atom. The molecule has 1 fully saturated rings. The van der Waals surface area contributed by atoms with E-state index in [2.05, 4.69) is 45.2 Å². The highest BCUT2D eigenvalue weighted by Gasteiger charge is 2.21. The number of piperazine rings is 1. The maximum absolute atomic E-state index is 5.96. The van der Waals surface area contributed by atoms with Crippen LogP contribution in [-0.2, 0) is 13.2 Å². The van der Waals surface area contributed by atoms with Gasteiger partial charge in [-0.3, -0.25) is 0 Å². The summed E-state index contributed by atoms with van der Waals surface area (Å²) in [5.74, 6) is 1.78. The van der Waals surface area contributed by atoms with Crippen LogP contribution >= 0.6 is 0 Å². The lowest BCUT2D eigenvalue weighted by molar-refractivity contribution is -0.914. The molecule has 0 amide bonds. The average Bonchev–Trinajstić information content (AvgIpc) is 2.75. The lowest BCUT2D eigenvalue weighted by Gasteiger charge is -2.32. The molecule has 2 aromatic carbocycles. The average molecular weight is 361 g/mol. The molecule has 0 saturated carbocycles. The smallest absolute Gasteiger partial charge is 0.225 e. The first-order valence-corrected chi connectivity index (χ1v) is 9.48. The zero-order valence-corrected chi connectivity index (χ0v) is 15.4. The minimum absolute atomic E-state index is 0.604. The number of benzene rings is 2. The van der Waals surface area contributed by atoms with Gasteiger partial charge in [0.05, 0.1) is 26.2 Å². The second kappa shape index (κ2) is 8.64. The summed E-state index contributed by atoms with van der Waals surface area (Å²) in [6.45, 7) is 5.78. The normalized spacial score (nSPS) is 14.9. The van der Waals surface area contributed by atoms with E-state index in [1.807, 2.05) is 42.7 Å². The van der Waals surface area contributed by atoms with Gasteiger partial charge in [0.1, 0.15) is 18.9 Å². The second-order valence-electron chi connectivity index (χ2n) is 6.88. The number of ether oxygens (including phenoxy) is 1. The Kier molecular flexibility index (Phi) is 5.60. The van der Waals surface area contributed by atoms with E-state index >= 15 is 0 Å². The van der Waals surface area contributed by atoms with Crippen LogP contribution in [0.4, 0.5) is 5.95 Å². The SMILES string of the molecule is c1ccc(COc2cccc(C[NH+]3CCN(c4ncccn4)CC3)c2)cc1. The van der Waals surface area contributed by atoms with Crippen LogP contribution in [0.1, 0.15) is 11.1 Å². The first-order valence-electron chi connectivity index (χ1n) is 9.48. The molecule has 1 saturated heterocycles. The Bertz CT molecular complexity index is 833. The minimum Gasteiger partial charge on any atom is -0.489 e. The zero-order valence-electron chi connectivity index (χ0n) is 15.4. The van der Waals surface area contributed by atoms with Gasteiger partial charge in [-0.25, -0.2) is 9.97 Å². The molecule has 1 aliphatic rings. The van der Waals surface area contributed by atoms with Crippen molar-refractivity contribution >= 4 is 5.95 Å². The van der Waals surface area contributed by atoms with Crippen molar-refractivity contribution in [1.29, 1.82) is 0 Å². The molecule has 0 atom stereocenters. The maximum atomic E-state index is 5.96. The summed E-state index contributed by atoms with van der Waals surface area (Å²) in [7, 11) is 0. The quantitative estimate of drug-likeness (QED) is 0.729. The standard InChI is InChI=1S/C22H24N4O/c1-2-6-19(7-3-1)18-27-21-9-4-8-20(16-21)17-25-12-14-26(15-13-25)22-23-10-5-11-24-22/h1-11,16H,12-15,17-18H2/p+1. The summed E-state index contributed by atoms with van der Waals surface area (Å²) in [5, 5.41) is 0. The summed E-state index contributed by atoms with van der Waals surface area (Å²) in [6, 6.07) is 20.6. The molecule has 0 unspecified atom stereocenters. The minimum atomic E-state index is 0.604. The van der Waals surface area contributed by atoms with Crippen LogP contribution in [0.3, 0.4) is 0 Å². The van der Waals surface area contributed by atoms with Crippen molar-refractivity contribution in [3.63, 3.8) is 0 Å². The number of aromatic nitrogens is 2. The molecule has 5 heteroatoms. The molecule has 138 valence electrons. The first kappa shape index (κ1) is 17.5. The van der Waals surface area contributed by atoms with Gasteiger partial charge in [0.2, 0.25) is 5.95 Å². The lowest BCUT2D eigenvalue weighted by Crippen LogP contribution is -3.13. The molecule has 0 spiro atoms. The van der Waals surface area contributed by atoms with Crippen LogP contribution in [0.5, 0.6) is 5.75 Å². The maximum Gasteiger partial charge on any atom is 0.225 e. The molecule has 0 radical (unpaired) electrons. The largest absolute Gasteiger partial charge is 0.489 e. The van der Waals surface area contributed by atoms with Crippen molar-refractivity contribution in [1.82, 2.24) is 9.97 Å². The third-order valence-corrected chi connectivity index (χ3v) is 4.91. The van der Waals surface area contributed by atoms with Gasteiger partial charge in [-0.2, -0.15) is 0 Å². The van der Waals surface area contributed by atoms with Gasteiger partial charge in [-0.05, 0) is 23.8 Å². The van der Waals surface area contributed by atoms with E-state index in [0.29, 0.717) is 6.61 Å². The van der Waals surface area contributed by atoms with Crippen LogP contribution < -0.4 is 14.5 Å². The van der Waals surface area contributed by atoms with Crippen molar-refractivity contribution in [2.45, 2.75) is 13.2 Å². The Balaban J connectivity index is 1.30. The van der Waals surface area contributed by atoms with Gasteiger partial charge in [0, 0.05) is 18.0 Å². The summed E-state index contributed by atoms with van der Waals surface area (Å²) < 4.78 is 5.96. The molecule has 5 nitrogen and oxygen atoms in total. The fourth-order valence-electron chi connectivity index (χ4n) is 3.43. The van der Waals surface area contributed by atoms with Gasteiger partial charge < -0.3 is 14.5 Å². The number of nitrogens with zero attached hydrogens (tertiary/aromatic N) is 3. The molecule has 4 rings (SSSR count). The van der Waals surface area contributed by atoms with Crippen molar-refractivity contribution < 1.29 is 9.64 Å². The van der Waals surface area contributed by atoms with E-state index in [1.165, 1.54) is 11.1 Å². The fraction of sp³-hybridized carbons (Fsp3) is 0.273. The number of quaternary nitrogens is 1. The molecule has 27 heavy (non-hydrogen) atoms. The van der Waals surface area contributed by atoms with E-state index < -0.39 is 0 Å². The molecule has 1 aromatic heterocycles. The number of rotatable bonds is 6. The van der Waals surface area contributed by atoms with Gasteiger partial charge in [0.15, 0.2) is 0 Å². The van der Waals surface area contributed by atoms with Crippen LogP contribution in [0.25, 0.3) is 0 Å². The van der Waals surface area contributed by atoms with Crippen molar-refractivity contribution in [2.24, 2.45) is 0 Å².